The Morgan fingerprint density at radius 3 is 0.440 bits per heavy atom. The molecular weight excluding hydrogens is 1850 g/mol. The van der Waals surface area contributed by atoms with Crippen molar-refractivity contribution in [2.45, 2.75) is 209 Å². The van der Waals surface area contributed by atoms with Crippen LogP contribution in [0.25, 0.3) is 177 Å². The monoisotopic (exact) mass is 1960 g/mol. The predicted molar refractivity (Wildman–Crippen MR) is 540 cm³/mol. The van der Waals surface area contributed by atoms with Crippen LogP contribution in [0.4, 0.5) is 0 Å². The molecule has 0 saturated heterocycles. The molecule has 15 aromatic rings. The Bertz CT molecular complexity index is 5670. The van der Waals surface area contributed by atoms with Gasteiger partial charge in [-0.25, -0.2) is 0 Å². The van der Waals surface area contributed by atoms with Gasteiger partial charge in [0, 0.05) is 14.3 Å². The molecule has 0 bridgehead atoms. The van der Waals surface area contributed by atoms with Gasteiger partial charge in [0.05, 0.1) is 0 Å². The SMILES string of the molecule is CC(C)(C)c1cc(-c2c(-c3cc(C(C)(C)C)cc(C(C)(C)C)c3)c(-c3ccc(I)cc3)c3c(c2-c2ccc(I)cc2)-c2ccc4c5ccc6c7c(ccc(c8ccc-3c2c48)c75)-c2c(-c3ccc(I)cc3)c(-c3cc(C(C)(C)C)cc(C(C)(C)C)c3)c(-c3cc(C(C)(C)C)cc(C(C)(C)C)c3)c(-c3ccc(I)cc3)c2-6)cc(C(C)(C)C)c1. The lowest BCUT2D eigenvalue weighted by atomic mass is 9.72. The lowest BCUT2D eigenvalue weighted by Gasteiger charge is -2.31. The highest BCUT2D eigenvalue weighted by molar-refractivity contribution is 14.1. The van der Waals surface area contributed by atoms with E-state index in [1.165, 1.54) is 235 Å². The topological polar surface area (TPSA) is 0 Å². The van der Waals surface area contributed by atoms with Crippen molar-refractivity contribution in [3.8, 4) is 134 Å². The number of rotatable bonds is 8. The molecular formula is C112H108I4. The molecule has 2 aliphatic carbocycles. The van der Waals surface area contributed by atoms with Gasteiger partial charge in [0.1, 0.15) is 0 Å². The van der Waals surface area contributed by atoms with Crippen LogP contribution in [-0.2, 0) is 43.3 Å². The first-order chi connectivity index (χ1) is 54.2. The molecule has 0 N–H and O–H groups in total. The molecule has 0 fully saturated rings. The smallest absolute Gasteiger partial charge is 0.0130 e. The first-order valence-electron chi connectivity index (χ1n) is 41.6. The predicted octanol–water partition coefficient (Wildman–Crippen LogP) is 35.2. The van der Waals surface area contributed by atoms with E-state index in [4.69, 9.17) is 0 Å². The number of hydrogen-bond donors (Lipinski definition) is 0. The quantitative estimate of drug-likeness (QED) is 0.0808. The summed E-state index contributed by atoms with van der Waals surface area (Å²) in [5, 5.41) is 10.4. The van der Waals surface area contributed by atoms with Gasteiger partial charge in [-0.2, -0.15) is 0 Å². The van der Waals surface area contributed by atoms with Gasteiger partial charge < -0.3 is 0 Å². The van der Waals surface area contributed by atoms with E-state index in [1.807, 2.05) is 0 Å². The highest BCUT2D eigenvalue weighted by atomic mass is 127. The maximum atomic E-state index is 2.57. The van der Waals surface area contributed by atoms with Gasteiger partial charge in [0.25, 0.3) is 0 Å². The minimum atomic E-state index is -0.145. The lowest BCUT2D eigenvalue weighted by molar-refractivity contribution is 0.568. The summed E-state index contributed by atoms with van der Waals surface area (Å²) in [6.07, 6.45) is 0. The fourth-order valence-electron chi connectivity index (χ4n) is 18.6. The van der Waals surface area contributed by atoms with Gasteiger partial charge in [0.2, 0.25) is 0 Å². The van der Waals surface area contributed by atoms with Crippen molar-refractivity contribution in [2.75, 3.05) is 0 Å². The second kappa shape index (κ2) is 28.1. The molecule has 0 saturated carbocycles. The Morgan fingerprint density at radius 2 is 0.293 bits per heavy atom. The maximum Gasteiger partial charge on any atom is 0.0130 e. The highest BCUT2D eigenvalue weighted by Crippen LogP contribution is 2.67. The average molecular weight is 1960 g/mol. The minimum absolute atomic E-state index is 0.145. The third kappa shape index (κ3) is 13.9. The molecule has 15 aromatic carbocycles. The van der Waals surface area contributed by atoms with Crippen LogP contribution in [0.3, 0.4) is 0 Å². The first-order valence-corrected chi connectivity index (χ1v) is 45.9. The van der Waals surface area contributed by atoms with Gasteiger partial charge in [0.15, 0.2) is 0 Å². The Labute approximate surface area is 745 Å². The molecule has 0 radical (unpaired) electrons. The van der Waals surface area contributed by atoms with Crippen LogP contribution in [-0.4, -0.2) is 0 Å². The lowest BCUT2D eigenvalue weighted by Crippen LogP contribution is -2.17. The Hall–Kier alpha value is -7.48. The van der Waals surface area contributed by atoms with Crippen molar-refractivity contribution in [3.63, 3.8) is 0 Å². The average Bonchev–Trinajstić information content (AvgIpc) is 1.50. The third-order valence-electron chi connectivity index (χ3n) is 25.3. The minimum Gasteiger partial charge on any atom is -0.0561 e. The van der Waals surface area contributed by atoms with E-state index in [0.717, 1.165) is 0 Å². The molecule has 0 aliphatic heterocycles. The summed E-state index contributed by atoms with van der Waals surface area (Å²) < 4.78 is 4.85. The summed E-state index contributed by atoms with van der Waals surface area (Å²) in [5.74, 6) is 0. The van der Waals surface area contributed by atoms with Crippen LogP contribution in [0.1, 0.15) is 211 Å². The van der Waals surface area contributed by atoms with E-state index in [1.54, 1.807) is 0 Å². The molecule has 4 heteroatoms. The van der Waals surface area contributed by atoms with Crippen LogP contribution in [0, 0.1) is 14.3 Å². The highest BCUT2D eigenvalue weighted by Gasteiger charge is 2.41. The summed E-state index contributed by atoms with van der Waals surface area (Å²) in [6.45, 7) is 57.4. The zero-order valence-electron chi connectivity index (χ0n) is 72.3. The molecule has 2 aliphatic rings. The molecule has 0 amide bonds. The second-order valence-corrected chi connectivity index (χ2v) is 46.8. The van der Waals surface area contributed by atoms with Crippen LogP contribution < -0.4 is 0 Å². The van der Waals surface area contributed by atoms with Crippen molar-refractivity contribution < 1.29 is 0 Å². The van der Waals surface area contributed by atoms with Gasteiger partial charge in [-0.05, 0) is 403 Å². The molecule has 584 valence electrons. The largest absolute Gasteiger partial charge is 0.0561 e. The van der Waals surface area contributed by atoms with E-state index >= 15 is 0 Å². The zero-order valence-corrected chi connectivity index (χ0v) is 80.9. The molecule has 17 rings (SSSR count). The summed E-state index contributed by atoms with van der Waals surface area (Å²) in [7, 11) is 0. The Kier molecular flexibility index (Phi) is 19.6. The van der Waals surface area contributed by atoms with Crippen LogP contribution in [0.2, 0.25) is 0 Å². The molecule has 0 unspecified atom stereocenters. The summed E-state index contributed by atoms with van der Waals surface area (Å²) in [5.41, 5.74) is 40.0. The van der Waals surface area contributed by atoms with E-state index in [9.17, 15) is 0 Å². The summed E-state index contributed by atoms with van der Waals surface area (Å²) in [6, 6.07) is 89.0. The van der Waals surface area contributed by atoms with Crippen molar-refractivity contribution in [3.05, 3.63) is 277 Å². The molecule has 116 heavy (non-hydrogen) atoms. The fraction of sp³-hybridized carbons (Fsp3) is 0.286. The van der Waals surface area contributed by atoms with Crippen molar-refractivity contribution in [1.82, 2.24) is 0 Å². The van der Waals surface area contributed by atoms with Gasteiger partial charge in [-0.3, -0.25) is 0 Å². The number of fused-ring (bicyclic) bond motifs is 8. The first kappa shape index (κ1) is 80.9. The number of hydrogen-bond acceptors (Lipinski definition) is 0. The Balaban J connectivity index is 1.06. The van der Waals surface area contributed by atoms with Crippen molar-refractivity contribution in [1.29, 1.82) is 0 Å². The Morgan fingerprint density at radius 1 is 0.147 bits per heavy atom. The second-order valence-electron chi connectivity index (χ2n) is 41.9. The normalized spacial score (nSPS) is 13.3. The number of benzene rings is 15. The van der Waals surface area contributed by atoms with Crippen LogP contribution in [0.15, 0.2) is 218 Å². The molecule has 0 spiro atoms. The van der Waals surface area contributed by atoms with Gasteiger partial charge in [-0.1, -0.05) is 336 Å². The van der Waals surface area contributed by atoms with E-state index in [0.29, 0.717) is 0 Å². The maximum absolute atomic E-state index is 2.57. The van der Waals surface area contributed by atoms with Crippen LogP contribution in [0.5, 0.6) is 0 Å². The van der Waals surface area contributed by atoms with Gasteiger partial charge in [-0.15, -0.1) is 0 Å². The number of halogens is 4. The van der Waals surface area contributed by atoms with E-state index in [2.05, 4.69) is 475 Å². The van der Waals surface area contributed by atoms with Crippen molar-refractivity contribution in [2.24, 2.45) is 0 Å². The summed E-state index contributed by atoms with van der Waals surface area (Å²) in [4.78, 5) is 0. The molecule has 0 aromatic heterocycles. The molecule has 0 nitrogen and oxygen atoms in total. The van der Waals surface area contributed by atoms with E-state index in [-0.39, 0.29) is 43.3 Å². The fourth-order valence-corrected chi connectivity index (χ4v) is 20.1. The molecule has 0 heterocycles. The van der Waals surface area contributed by atoms with Crippen LogP contribution >= 0.6 is 90.4 Å². The van der Waals surface area contributed by atoms with E-state index < -0.39 is 0 Å². The standard InChI is InChI=1S/C112H108I4/c1-105(2,3)69-49-65(50-70(57-69)106(4,5)6)93-89(61-25-33-77(113)34-26-61)101-85-45-41-81-83-43-47-87-100-88(48-44-84(98(83)100)82-42-46-86(99(85)97(81)82)102(101)90(62-27-35-78(114)36-28-62)94(93)66-51-71(107(7,8)9)58-72(52-66)108(10,11)12)104-92(64-31-39-80(116)40-32-64)96(68-55-75(111(19,20)21)60-76(56-68)112(22,23)24)95(91(103(87)104)63-29-37-79(115)38-30-63)67-53-73(109(13,14)15)59-74(54-67)110(16,17)18/h25-60H,1-24H3. The third-order valence-corrected chi connectivity index (χ3v) is 28.2. The van der Waals surface area contributed by atoms with Gasteiger partial charge >= 0.3 is 0 Å². The van der Waals surface area contributed by atoms with Crippen molar-refractivity contribution >= 4 is 133 Å². The molecule has 0 atom stereocenters. The summed E-state index contributed by atoms with van der Waals surface area (Å²) >= 11 is 10.1. The zero-order chi connectivity index (χ0) is 82.9.